The molecule has 6 heteroatoms. The van der Waals surface area contributed by atoms with Gasteiger partial charge in [0.2, 0.25) is 0 Å². The van der Waals surface area contributed by atoms with Crippen LogP contribution in [0, 0.1) is 0 Å². The Hall–Kier alpha value is -2.73. The highest BCUT2D eigenvalue weighted by atomic mass is 16.5. The molecule has 3 aromatic rings. The highest BCUT2D eigenvalue weighted by Crippen LogP contribution is 2.32. The first-order chi connectivity index (χ1) is 13.4. The van der Waals surface area contributed by atoms with Gasteiger partial charge in [0.1, 0.15) is 17.8 Å². The van der Waals surface area contributed by atoms with Gasteiger partial charge in [-0.2, -0.15) is 5.10 Å². The summed E-state index contributed by atoms with van der Waals surface area (Å²) in [4.78, 5) is 11.2. The molecule has 6 nitrogen and oxygen atoms in total. The van der Waals surface area contributed by atoms with E-state index in [0.29, 0.717) is 0 Å². The Morgan fingerprint density at radius 3 is 2.81 bits per heavy atom. The van der Waals surface area contributed by atoms with Gasteiger partial charge in [-0.3, -0.25) is 5.10 Å². The number of fused-ring (bicyclic) bond motifs is 1. The van der Waals surface area contributed by atoms with Crippen molar-refractivity contribution >= 4 is 22.3 Å². The molecular formula is C21H23N5O. The van der Waals surface area contributed by atoms with Crippen LogP contribution in [0.5, 0.6) is 0 Å². The summed E-state index contributed by atoms with van der Waals surface area (Å²) in [5, 5.41) is 8.83. The van der Waals surface area contributed by atoms with Crippen LogP contribution in [0.3, 0.4) is 0 Å². The first kappa shape index (κ1) is 16.4. The number of rotatable bonds is 3. The van der Waals surface area contributed by atoms with Crippen LogP contribution in [0.1, 0.15) is 31.2 Å². The van der Waals surface area contributed by atoms with Crippen LogP contribution in [-0.4, -0.2) is 46.5 Å². The van der Waals surface area contributed by atoms with E-state index >= 15 is 0 Å². The summed E-state index contributed by atoms with van der Waals surface area (Å²) in [5.41, 5.74) is 5.53. The Bertz CT molecular complexity index is 987. The Morgan fingerprint density at radius 2 is 1.96 bits per heavy atom. The minimum Gasteiger partial charge on any atom is -0.378 e. The van der Waals surface area contributed by atoms with Crippen molar-refractivity contribution in [2.24, 2.45) is 0 Å². The Kier molecular flexibility index (Phi) is 4.33. The van der Waals surface area contributed by atoms with Gasteiger partial charge in [0.05, 0.1) is 24.4 Å². The second-order valence-corrected chi connectivity index (χ2v) is 7.17. The van der Waals surface area contributed by atoms with Crippen LogP contribution in [-0.2, 0) is 4.74 Å². The van der Waals surface area contributed by atoms with Crippen LogP contribution in [0.4, 0.5) is 5.82 Å². The Morgan fingerprint density at radius 1 is 1.04 bits per heavy atom. The zero-order valence-electron chi connectivity index (χ0n) is 15.3. The smallest absolute Gasteiger partial charge is 0.132 e. The number of morpholine rings is 1. The first-order valence-corrected chi connectivity index (χ1v) is 9.71. The molecule has 1 saturated heterocycles. The minimum atomic E-state index is 0.739. The van der Waals surface area contributed by atoms with Crippen molar-refractivity contribution in [3.8, 4) is 11.4 Å². The number of H-pyrrole nitrogens is 1. The molecule has 0 spiro atoms. The lowest BCUT2D eigenvalue weighted by molar-refractivity contribution is 0.122. The van der Waals surface area contributed by atoms with E-state index in [0.717, 1.165) is 60.8 Å². The predicted octanol–water partition coefficient (Wildman–Crippen LogP) is 3.81. The highest BCUT2D eigenvalue weighted by molar-refractivity contribution is 5.94. The van der Waals surface area contributed by atoms with Gasteiger partial charge >= 0.3 is 0 Å². The molecule has 1 aliphatic heterocycles. The predicted molar refractivity (Wildman–Crippen MR) is 107 cm³/mol. The quantitative estimate of drug-likeness (QED) is 0.768. The normalized spacial score (nSPS) is 17.9. The maximum absolute atomic E-state index is 5.44. The standard InChI is InChI=1S/C21H23N5O/c1-2-4-15(5-3-1)16-6-7-18-17(12-16)21(25-24-18)19-13-20(23-14-22-19)26-8-10-27-11-9-26/h4,6-7,12-14H,1-3,5,8-11H2,(H,24,25). The molecule has 1 fully saturated rings. The lowest BCUT2D eigenvalue weighted by atomic mass is 9.93. The number of hydrogen-bond acceptors (Lipinski definition) is 5. The summed E-state index contributed by atoms with van der Waals surface area (Å²) in [5.74, 6) is 0.936. The topological polar surface area (TPSA) is 66.9 Å². The van der Waals surface area contributed by atoms with E-state index in [1.54, 1.807) is 6.33 Å². The van der Waals surface area contributed by atoms with Crippen LogP contribution in [0.2, 0.25) is 0 Å². The maximum Gasteiger partial charge on any atom is 0.132 e. The van der Waals surface area contributed by atoms with Gasteiger partial charge in [-0.05, 0) is 49.0 Å². The van der Waals surface area contributed by atoms with Gasteiger partial charge in [0, 0.05) is 24.5 Å². The molecule has 5 rings (SSSR count). The molecule has 0 atom stereocenters. The maximum atomic E-state index is 5.44. The number of hydrogen-bond donors (Lipinski definition) is 1. The molecule has 1 aliphatic carbocycles. The van der Waals surface area contributed by atoms with Gasteiger partial charge < -0.3 is 9.64 Å². The largest absolute Gasteiger partial charge is 0.378 e. The number of allylic oxidation sites excluding steroid dienone is 2. The molecule has 1 aromatic carbocycles. The molecule has 0 amide bonds. The van der Waals surface area contributed by atoms with Crippen molar-refractivity contribution in [1.82, 2.24) is 20.2 Å². The molecule has 2 aliphatic rings. The van der Waals surface area contributed by atoms with Crippen molar-refractivity contribution in [2.75, 3.05) is 31.2 Å². The zero-order chi connectivity index (χ0) is 18.1. The molecule has 1 N–H and O–H groups in total. The van der Waals surface area contributed by atoms with Crippen LogP contribution < -0.4 is 4.90 Å². The SMILES string of the molecule is C1=C(c2ccc3[nH]nc(-c4cc(N5CCOCC5)ncn4)c3c2)CCCC1. The van der Waals surface area contributed by atoms with Crippen molar-refractivity contribution in [3.05, 3.63) is 42.2 Å². The molecule has 0 radical (unpaired) electrons. The summed E-state index contributed by atoms with van der Waals surface area (Å²) >= 11 is 0. The van der Waals surface area contributed by atoms with Crippen LogP contribution in [0.25, 0.3) is 27.9 Å². The highest BCUT2D eigenvalue weighted by Gasteiger charge is 2.16. The fraction of sp³-hybridized carbons (Fsp3) is 0.381. The lowest BCUT2D eigenvalue weighted by Gasteiger charge is -2.27. The van der Waals surface area contributed by atoms with Gasteiger partial charge in [0.15, 0.2) is 0 Å². The van der Waals surface area contributed by atoms with Gasteiger partial charge in [-0.15, -0.1) is 0 Å². The molecule has 3 heterocycles. The van der Waals surface area contributed by atoms with E-state index < -0.39 is 0 Å². The van der Waals surface area contributed by atoms with E-state index in [1.807, 2.05) is 6.07 Å². The number of nitrogens with zero attached hydrogens (tertiary/aromatic N) is 4. The minimum absolute atomic E-state index is 0.739. The molecule has 0 unspecified atom stereocenters. The average Bonchev–Trinajstić information content (AvgIpc) is 3.18. The van der Waals surface area contributed by atoms with Crippen molar-refractivity contribution in [3.63, 3.8) is 0 Å². The van der Waals surface area contributed by atoms with Crippen molar-refractivity contribution in [1.29, 1.82) is 0 Å². The zero-order valence-corrected chi connectivity index (χ0v) is 15.3. The number of aromatic amines is 1. The van der Waals surface area contributed by atoms with Gasteiger partial charge in [0.25, 0.3) is 0 Å². The van der Waals surface area contributed by atoms with E-state index in [2.05, 4.69) is 49.3 Å². The molecule has 2 aromatic heterocycles. The van der Waals surface area contributed by atoms with E-state index in [4.69, 9.17) is 4.74 Å². The number of aromatic nitrogens is 4. The molecule has 138 valence electrons. The molecule has 27 heavy (non-hydrogen) atoms. The second-order valence-electron chi connectivity index (χ2n) is 7.17. The summed E-state index contributed by atoms with van der Waals surface area (Å²) in [6, 6.07) is 8.61. The van der Waals surface area contributed by atoms with Crippen molar-refractivity contribution < 1.29 is 4.74 Å². The molecular weight excluding hydrogens is 338 g/mol. The lowest BCUT2D eigenvalue weighted by Crippen LogP contribution is -2.36. The van der Waals surface area contributed by atoms with Crippen LogP contribution >= 0.6 is 0 Å². The van der Waals surface area contributed by atoms with Crippen LogP contribution in [0.15, 0.2) is 36.7 Å². The van der Waals surface area contributed by atoms with Crippen molar-refractivity contribution in [2.45, 2.75) is 25.7 Å². The van der Waals surface area contributed by atoms with Gasteiger partial charge in [-0.25, -0.2) is 9.97 Å². The van der Waals surface area contributed by atoms with E-state index in [-0.39, 0.29) is 0 Å². The third kappa shape index (κ3) is 3.21. The average molecular weight is 361 g/mol. The van der Waals surface area contributed by atoms with E-state index in [9.17, 15) is 0 Å². The third-order valence-electron chi connectivity index (χ3n) is 5.45. The fourth-order valence-corrected chi connectivity index (χ4v) is 3.95. The summed E-state index contributed by atoms with van der Waals surface area (Å²) in [7, 11) is 0. The number of benzene rings is 1. The fourth-order valence-electron chi connectivity index (χ4n) is 3.95. The number of anilines is 1. The second kappa shape index (κ2) is 7.12. The Balaban J connectivity index is 1.53. The summed E-state index contributed by atoms with van der Waals surface area (Å²) in [6.07, 6.45) is 8.93. The van der Waals surface area contributed by atoms with E-state index in [1.165, 1.54) is 30.4 Å². The first-order valence-electron chi connectivity index (χ1n) is 9.71. The monoisotopic (exact) mass is 361 g/mol. The Labute approximate surface area is 158 Å². The summed E-state index contributed by atoms with van der Waals surface area (Å²) < 4.78 is 5.44. The number of nitrogens with one attached hydrogen (secondary N) is 1. The number of ether oxygens (including phenoxy) is 1. The third-order valence-corrected chi connectivity index (χ3v) is 5.45. The molecule has 0 saturated carbocycles. The van der Waals surface area contributed by atoms with Gasteiger partial charge in [-0.1, -0.05) is 12.1 Å². The summed E-state index contributed by atoms with van der Waals surface area (Å²) in [6.45, 7) is 3.19. The molecule has 0 bridgehead atoms.